The monoisotopic (exact) mass is 214 g/mol. The topological polar surface area (TPSA) is 49.8 Å². The van der Waals surface area contributed by atoms with E-state index in [0.29, 0.717) is 12.1 Å². The maximum Gasteiger partial charge on any atom is 0.0991 e. The van der Waals surface area contributed by atoms with Gasteiger partial charge in [0, 0.05) is 16.3 Å². The molecule has 2 N–H and O–H groups in total. The first-order chi connectivity index (χ1) is 7.33. The molecule has 0 atom stereocenters. The summed E-state index contributed by atoms with van der Waals surface area (Å²) in [7, 11) is 0. The van der Waals surface area contributed by atoms with Crippen LogP contribution < -0.4 is 5.73 Å². The summed E-state index contributed by atoms with van der Waals surface area (Å²) >= 11 is 1.67. The van der Waals surface area contributed by atoms with Crippen LogP contribution in [0.1, 0.15) is 10.4 Å². The van der Waals surface area contributed by atoms with Crippen LogP contribution in [0, 0.1) is 11.3 Å². The number of nitrogens with two attached hydrogens (primary N) is 1. The SMILES string of the molecule is N#Cc1cccc(-c2ccc(CN)s2)c1. The van der Waals surface area contributed by atoms with E-state index < -0.39 is 0 Å². The fourth-order valence-electron chi connectivity index (χ4n) is 1.38. The Morgan fingerprint density at radius 2 is 2.13 bits per heavy atom. The highest BCUT2D eigenvalue weighted by molar-refractivity contribution is 7.15. The van der Waals surface area contributed by atoms with Gasteiger partial charge in [0.2, 0.25) is 0 Å². The van der Waals surface area contributed by atoms with E-state index in [1.165, 1.54) is 0 Å². The molecule has 15 heavy (non-hydrogen) atoms. The zero-order valence-corrected chi connectivity index (χ0v) is 8.92. The average molecular weight is 214 g/mol. The number of nitrogens with zero attached hydrogens (tertiary/aromatic N) is 1. The number of hydrogen-bond acceptors (Lipinski definition) is 3. The number of benzene rings is 1. The second-order valence-corrected chi connectivity index (χ2v) is 4.33. The third kappa shape index (κ3) is 2.07. The first-order valence-corrected chi connectivity index (χ1v) is 5.44. The second kappa shape index (κ2) is 4.26. The Balaban J connectivity index is 2.41. The van der Waals surface area contributed by atoms with Crippen LogP contribution in [0.2, 0.25) is 0 Å². The van der Waals surface area contributed by atoms with Gasteiger partial charge >= 0.3 is 0 Å². The summed E-state index contributed by atoms with van der Waals surface area (Å²) in [6, 6.07) is 13.8. The van der Waals surface area contributed by atoms with Crippen LogP contribution in [0.5, 0.6) is 0 Å². The molecule has 74 valence electrons. The van der Waals surface area contributed by atoms with Crippen molar-refractivity contribution in [3.63, 3.8) is 0 Å². The lowest BCUT2D eigenvalue weighted by molar-refractivity contribution is 1.11. The molecular weight excluding hydrogens is 204 g/mol. The predicted octanol–water partition coefficient (Wildman–Crippen LogP) is 2.75. The average Bonchev–Trinajstić information content (AvgIpc) is 2.78. The normalized spacial score (nSPS) is 9.87. The van der Waals surface area contributed by atoms with E-state index in [-0.39, 0.29) is 0 Å². The van der Waals surface area contributed by atoms with Crippen LogP contribution in [0.3, 0.4) is 0 Å². The summed E-state index contributed by atoms with van der Waals surface area (Å²) in [5.41, 5.74) is 7.33. The van der Waals surface area contributed by atoms with Crippen molar-refractivity contribution in [3.05, 3.63) is 46.8 Å². The molecule has 0 aliphatic rings. The van der Waals surface area contributed by atoms with Crippen molar-refractivity contribution < 1.29 is 0 Å². The molecule has 2 nitrogen and oxygen atoms in total. The molecule has 0 aliphatic heterocycles. The highest BCUT2D eigenvalue weighted by Gasteiger charge is 2.02. The Labute approximate surface area is 92.6 Å². The fraction of sp³-hybridized carbons (Fsp3) is 0.0833. The third-order valence-corrected chi connectivity index (χ3v) is 3.30. The van der Waals surface area contributed by atoms with Gasteiger partial charge in [0.15, 0.2) is 0 Å². The van der Waals surface area contributed by atoms with Gasteiger partial charge in [0.25, 0.3) is 0 Å². The van der Waals surface area contributed by atoms with Crippen molar-refractivity contribution >= 4 is 11.3 Å². The smallest absolute Gasteiger partial charge is 0.0991 e. The highest BCUT2D eigenvalue weighted by Crippen LogP contribution is 2.28. The largest absolute Gasteiger partial charge is 0.326 e. The molecule has 3 heteroatoms. The number of thiophene rings is 1. The minimum absolute atomic E-state index is 0.572. The van der Waals surface area contributed by atoms with E-state index in [1.807, 2.05) is 30.3 Å². The number of rotatable bonds is 2. The van der Waals surface area contributed by atoms with Crippen molar-refractivity contribution in [1.29, 1.82) is 5.26 Å². The van der Waals surface area contributed by atoms with E-state index in [9.17, 15) is 0 Å². The van der Waals surface area contributed by atoms with Gasteiger partial charge < -0.3 is 5.73 Å². The Bertz CT molecular complexity index is 508. The van der Waals surface area contributed by atoms with Gasteiger partial charge in [0.05, 0.1) is 11.6 Å². The molecule has 0 saturated heterocycles. The quantitative estimate of drug-likeness (QED) is 0.835. The predicted molar refractivity (Wildman–Crippen MR) is 62.4 cm³/mol. The third-order valence-electron chi connectivity index (χ3n) is 2.14. The van der Waals surface area contributed by atoms with E-state index in [4.69, 9.17) is 11.0 Å². The minimum Gasteiger partial charge on any atom is -0.326 e. The van der Waals surface area contributed by atoms with Crippen LogP contribution in [-0.2, 0) is 6.54 Å². The summed E-state index contributed by atoms with van der Waals surface area (Å²) in [6.45, 7) is 0.572. The highest BCUT2D eigenvalue weighted by atomic mass is 32.1. The molecule has 0 bridgehead atoms. The Morgan fingerprint density at radius 3 is 2.80 bits per heavy atom. The van der Waals surface area contributed by atoms with Crippen LogP contribution in [0.4, 0.5) is 0 Å². The molecule has 2 aromatic rings. The summed E-state index contributed by atoms with van der Waals surface area (Å²) in [6.07, 6.45) is 0. The van der Waals surface area contributed by atoms with Crippen molar-refractivity contribution in [3.8, 4) is 16.5 Å². The maximum absolute atomic E-state index is 8.79. The lowest BCUT2D eigenvalue weighted by atomic mass is 10.1. The van der Waals surface area contributed by atoms with E-state index in [1.54, 1.807) is 17.4 Å². The zero-order chi connectivity index (χ0) is 10.7. The summed E-state index contributed by atoms with van der Waals surface area (Å²) < 4.78 is 0. The van der Waals surface area contributed by atoms with Crippen molar-refractivity contribution in [2.24, 2.45) is 5.73 Å². The Morgan fingerprint density at radius 1 is 1.27 bits per heavy atom. The molecule has 0 saturated carbocycles. The van der Waals surface area contributed by atoms with Crippen LogP contribution in [0.25, 0.3) is 10.4 Å². The van der Waals surface area contributed by atoms with Gasteiger partial charge in [-0.3, -0.25) is 0 Å². The summed E-state index contributed by atoms with van der Waals surface area (Å²) in [5, 5.41) is 8.79. The first-order valence-electron chi connectivity index (χ1n) is 4.63. The van der Waals surface area contributed by atoms with Crippen LogP contribution in [0.15, 0.2) is 36.4 Å². The minimum atomic E-state index is 0.572. The van der Waals surface area contributed by atoms with Gasteiger partial charge in [-0.15, -0.1) is 11.3 Å². The molecule has 0 radical (unpaired) electrons. The maximum atomic E-state index is 8.79. The molecule has 0 aliphatic carbocycles. The van der Waals surface area contributed by atoms with E-state index >= 15 is 0 Å². The van der Waals surface area contributed by atoms with Gasteiger partial charge in [0.1, 0.15) is 0 Å². The molecule has 2 rings (SSSR count). The Hall–Kier alpha value is -1.63. The zero-order valence-electron chi connectivity index (χ0n) is 8.10. The van der Waals surface area contributed by atoms with Crippen LogP contribution >= 0.6 is 11.3 Å². The molecule has 1 aromatic carbocycles. The summed E-state index contributed by atoms with van der Waals surface area (Å²) in [5.74, 6) is 0. The molecule has 0 amide bonds. The lowest BCUT2D eigenvalue weighted by Crippen LogP contribution is -1.90. The number of nitriles is 1. The van der Waals surface area contributed by atoms with E-state index in [2.05, 4.69) is 6.07 Å². The van der Waals surface area contributed by atoms with Crippen molar-refractivity contribution in [2.45, 2.75) is 6.54 Å². The second-order valence-electron chi connectivity index (χ2n) is 3.16. The Kier molecular flexibility index (Phi) is 2.82. The molecular formula is C12H10N2S. The van der Waals surface area contributed by atoms with Gasteiger partial charge in [-0.05, 0) is 29.8 Å². The van der Waals surface area contributed by atoms with Crippen molar-refractivity contribution in [1.82, 2.24) is 0 Å². The standard InChI is InChI=1S/C12H10N2S/c13-7-9-2-1-3-10(6-9)12-5-4-11(8-14)15-12/h1-6H,8,14H2. The fourth-order valence-corrected chi connectivity index (χ4v) is 2.27. The molecule has 1 aromatic heterocycles. The van der Waals surface area contributed by atoms with Gasteiger partial charge in [-0.2, -0.15) is 5.26 Å². The van der Waals surface area contributed by atoms with Gasteiger partial charge in [-0.25, -0.2) is 0 Å². The van der Waals surface area contributed by atoms with Crippen molar-refractivity contribution in [2.75, 3.05) is 0 Å². The molecule has 0 fully saturated rings. The van der Waals surface area contributed by atoms with Gasteiger partial charge in [-0.1, -0.05) is 12.1 Å². The van der Waals surface area contributed by atoms with E-state index in [0.717, 1.165) is 15.3 Å². The molecule has 0 spiro atoms. The summed E-state index contributed by atoms with van der Waals surface area (Å²) in [4.78, 5) is 2.32. The first kappa shape index (κ1) is 9.91. The lowest BCUT2D eigenvalue weighted by Gasteiger charge is -1.96. The molecule has 0 unspecified atom stereocenters. The number of hydrogen-bond donors (Lipinski definition) is 1. The molecule has 1 heterocycles. The van der Waals surface area contributed by atoms with Crippen LogP contribution in [-0.4, -0.2) is 0 Å².